The second kappa shape index (κ2) is 9.14. The number of hydrogen-bond donors (Lipinski definition) is 2. The Morgan fingerprint density at radius 2 is 1.96 bits per heavy atom. The predicted octanol–water partition coefficient (Wildman–Crippen LogP) is 3.05. The largest absolute Gasteiger partial charge is 0.326 e. The van der Waals surface area contributed by atoms with Gasteiger partial charge in [0.1, 0.15) is 5.82 Å². The van der Waals surface area contributed by atoms with E-state index in [1.165, 1.54) is 18.7 Å². The van der Waals surface area contributed by atoms with Crippen molar-refractivity contribution >= 4 is 35.1 Å². The number of benzene rings is 1. The van der Waals surface area contributed by atoms with Crippen LogP contribution in [0.25, 0.3) is 11.4 Å². The molecule has 0 aliphatic rings. The fourth-order valence-electron chi connectivity index (χ4n) is 2.58. The summed E-state index contributed by atoms with van der Waals surface area (Å²) in [7, 11) is 0. The fourth-order valence-corrected chi connectivity index (χ4v) is 3.38. The molecular formula is C19H20N6O2S. The monoisotopic (exact) mass is 396 g/mol. The van der Waals surface area contributed by atoms with Crippen molar-refractivity contribution in [1.82, 2.24) is 19.7 Å². The van der Waals surface area contributed by atoms with E-state index >= 15 is 0 Å². The molecule has 0 aliphatic heterocycles. The molecule has 1 aromatic carbocycles. The van der Waals surface area contributed by atoms with Crippen molar-refractivity contribution in [2.24, 2.45) is 0 Å². The van der Waals surface area contributed by atoms with E-state index < -0.39 is 0 Å². The van der Waals surface area contributed by atoms with Crippen LogP contribution in [0.4, 0.5) is 11.5 Å². The maximum Gasteiger partial charge on any atom is 0.236 e. The van der Waals surface area contributed by atoms with Crippen LogP contribution in [0.2, 0.25) is 0 Å². The molecule has 144 valence electrons. The van der Waals surface area contributed by atoms with Crippen molar-refractivity contribution in [3.63, 3.8) is 0 Å². The van der Waals surface area contributed by atoms with Gasteiger partial charge >= 0.3 is 0 Å². The van der Waals surface area contributed by atoms with Crippen LogP contribution in [0.5, 0.6) is 0 Å². The average molecular weight is 396 g/mol. The molecule has 3 aromatic rings. The van der Waals surface area contributed by atoms with Crippen LogP contribution in [0.1, 0.15) is 13.8 Å². The zero-order valence-electron chi connectivity index (χ0n) is 15.5. The number of carbonyl (C=O) groups is 2. The molecule has 0 spiro atoms. The lowest BCUT2D eigenvalue weighted by Gasteiger charge is -2.09. The molecule has 3 rings (SSSR count). The SMILES string of the molecule is CCn1c(SCC(=O)Nc2ccccn2)nnc1-c1cccc(NC(C)=O)c1. The molecule has 9 heteroatoms. The Balaban J connectivity index is 1.71. The van der Waals surface area contributed by atoms with Crippen LogP contribution in [0.15, 0.2) is 53.8 Å². The Labute approximate surface area is 166 Å². The molecule has 2 aromatic heterocycles. The van der Waals surface area contributed by atoms with Crippen LogP contribution in [0, 0.1) is 0 Å². The number of nitrogens with one attached hydrogen (secondary N) is 2. The normalized spacial score (nSPS) is 10.5. The highest BCUT2D eigenvalue weighted by molar-refractivity contribution is 7.99. The van der Waals surface area contributed by atoms with Crippen molar-refractivity contribution in [2.75, 3.05) is 16.4 Å². The van der Waals surface area contributed by atoms with Crippen LogP contribution >= 0.6 is 11.8 Å². The maximum atomic E-state index is 12.1. The van der Waals surface area contributed by atoms with Gasteiger partial charge in [0.25, 0.3) is 0 Å². The van der Waals surface area contributed by atoms with Crippen LogP contribution in [0.3, 0.4) is 0 Å². The number of amides is 2. The zero-order valence-corrected chi connectivity index (χ0v) is 16.4. The van der Waals surface area contributed by atoms with Crippen LogP contribution in [-0.2, 0) is 16.1 Å². The minimum atomic E-state index is -0.163. The number of pyridine rings is 1. The highest BCUT2D eigenvalue weighted by Crippen LogP contribution is 2.26. The van der Waals surface area contributed by atoms with Gasteiger partial charge in [-0.15, -0.1) is 10.2 Å². The van der Waals surface area contributed by atoms with E-state index in [0.29, 0.717) is 29.0 Å². The molecule has 2 amide bonds. The summed E-state index contributed by atoms with van der Waals surface area (Å²) in [6, 6.07) is 12.7. The smallest absolute Gasteiger partial charge is 0.236 e. The molecule has 0 saturated carbocycles. The lowest BCUT2D eigenvalue weighted by Crippen LogP contribution is -2.15. The van der Waals surface area contributed by atoms with Gasteiger partial charge in [-0.2, -0.15) is 0 Å². The van der Waals surface area contributed by atoms with Crippen molar-refractivity contribution < 1.29 is 9.59 Å². The average Bonchev–Trinajstić information content (AvgIpc) is 3.10. The molecule has 2 heterocycles. The Bertz CT molecular complexity index is 974. The molecule has 0 bridgehead atoms. The number of rotatable bonds is 7. The number of nitrogens with zero attached hydrogens (tertiary/aromatic N) is 4. The summed E-state index contributed by atoms with van der Waals surface area (Å²) < 4.78 is 1.94. The molecule has 0 radical (unpaired) electrons. The highest BCUT2D eigenvalue weighted by atomic mass is 32.2. The standard InChI is InChI=1S/C19H20N6O2S/c1-3-25-18(14-7-6-8-15(11-14)21-13(2)26)23-24-19(25)28-12-17(27)22-16-9-4-5-10-20-16/h4-11H,3,12H2,1-2H3,(H,21,26)(H,20,22,27). The van der Waals surface area contributed by atoms with Crippen LogP contribution in [-0.4, -0.2) is 37.3 Å². The summed E-state index contributed by atoms with van der Waals surface area (Å²) in [6.45, 7) is 4.10. The van der Waals surface area contributed by atoms with Crippen molar-refractivity contribution in [3.8, 4) is 11.4 Å². The third kappa shape index (κ3) is 4.95. The summed E-state index contributed by atoms with van der Waals surface area (Å²) in [5.41, 5.74) is 1.53. The Morgan fingerprint density at radius 1 is 1.11 bits per heavy atom. The first kappa shape index (κ1) is 19.6. The van der Waals surface area contributed by atoms with E-state index in [4.69, 9.17) is 0 Å². The van der Waals surface area contributed by atoms with E-state index in [0.717, 1.165) is 5.56 Å². The van der Waals surface area contributed by atoms with E-state index in [9.17, 15) is 9.59 Å². The van der Waals surface area contributed by atoms with Crippen molar-refractivity contribution in [2.45, 2.75) is 25.5 Å². The lowest BCUT2D eigenvalue weighted by molar-refractivity contribution is -0.114. The third-order valence-corrected chi connectivity index (χ3v) is 4.71. The minimum absolute atomic E-state index is 0.135. The number of thioether (sulfide) groups is 1. The lowest BCUT2D eigenvalue weighted by atomic mass is 10.2. The van der Waals surface area contributed by atoms with Gasteiger partial charge < -0.3 is 15.2 Å². The second-order valence-corrected chi connectivity index (χ2v) is 6.81. The van der Waals surface area contributed by atoms with Gasteiger partial charge in [0.05, 0.1) is 5.75 Å². The molecular weight excluding hydrogens is 376 g/mol. The molecule has 0 unspecified atom stereocenters. The Morgan fingerprint density at radius 3 is 2.68 bits per heavy atom. The minimum Gasteiger partial charge on any atom is -0.326 e. The van der Waals surface area contributed by atoms with Gasteiger partial charge in [0.2, 0.25) is 11.8 Å². The summed E-state index contributed by atoms with van der Waals surface area (Å²) in [5, 5.41) is 14.7. The predicted molar refractivity (Wildman–Crippen MR) is 109 cm³/mol. The van der Waals surface area contributed by atoms with E-state index in [1.807, 2.05) is 41.8 Å². The number of aromatic nitrogens is 4. The number of anilines is 2. The molecule has 0 fully saturated rings. The molecule has 0 aliphatic carbocycles. The molecule has 8 nitrogen and oxygen atoms in total. The zero-order chi connectivity index (χ0) is 19.9. The summed E-state index contributed by atoms with van der Waals surface area (Å²) in [5.74, 6) is 1.09. The molecule has 28 heavy (non-hydrogen) atoms. The summed E-state index contributed by atoms with van der Waals surface area (Å²) >= 11 is 1.31. The molecule has 2 N–H and O–H groups in total. The van der Waals surface area contributed by atoms with Gasteiger partial charge in [-0.05, 0) is 31.2 Å². The molecule has 0 atom stereocenters. The van der Waals surface area contributed by atoms with E-state index in [-0.39, 0.29) is 17.6 Å². The first-order valence-corrected chi connectivity index (χ1v) is 9.70. The van der Waals surface area contributed by atoms with E-state index in [1.54, 1.807) is 18.3 Å². The Kier molecular flexibility index (Phi) is 6.38. The highest BCUT2D eigenvalue weighted by Gasteiger charge is 2.15. The summed E-state index contributed by atoms with van der Waals surface area (Å²) in [6.07, 6.45) is 1.62. The van der Waals surface area contributed by atoms with E-state index in [2.05, 4.69) is 25.8 Å². The first-order chi connectivity index (χ1) is 13.6. The molecule has 0 saturated heterocycles. The fraction of sp³-hybridized carbons (Fsp3) is 0.211. The quantitative estimate of drug-likeness (QED) is 0.595. The van der Waals surface area contributed by atoms with Gasteiger partial charge in [0, 0.05) is 30.9 Å². The van der Waals surface area contributed by atoms with Gasteiger partial charge in [0.15, 0.2) is 11.0 Å². The topological polar surface area (TPSA) is 102 Å². The summed E-state index contributed by atoms with van der Waals surface area (Å²) in [4.78, 5) is 27.5. The number of carbonyl (C=O) groups excluding carboxylic acids is 2. The van der Waals surface area contributed by atoms with Crippen molar-refractivity contribution in [3.05, 3.63) is 48.7 Å². The van der Waals surface area contributed by atoms with Gasteiger partial charge in [-0.25, -0.2) is 4.98 Å². The number of hydrogen-bond acceptors (Lipinski definition) is 6. The first-order valence-electron chi connectivity index (χ1n) is 8.71. The maximum absolute atomic E-state index is 12.1. The van der Waals surface area contributed by atoms with Crippen LogP contribution < -0.4 is 10.6 Å². The van der Waals surface area contributed by atoms with Crippen molar-refractivity contribution in [1.29, 1.82) is 0 Å². The third-order valence-electron chi connectivity index (χ3n) is 3.74. The van der Waals surface area contributed by atoms with Gasteiger partial charge in [-0.1, -0.05) is 30.0 Å². The second-order valence-electron chi connectivity index (χ2n) is 5.86. The van der Waals surface area contributed by atoms with Gasteiger partial charge in [-0.3, -0.25) is 9.59 Å². The Hall–Kier alpha value is -3.20.